The van der Waals surface area contributed by atoms with Crippen molar-refractivity contribution in [3.8, 4) is 5.75 Å². The van der Waals surface area contributed by atoms with E-state index in [1.165, 1.54) is 110 Å². The second-order valence-electron chi connectivity index (χ2n) is 35.2. The summed E-state index contributed by atoms with van der Waals surface area (Å²) in [6.45, 7) is 24.5. The summed E-state index contributed by atoms with van der Waals surface area (Å²) in [5, 5.41) is 38.1. The SMILES string of the molecule is C.C=C1CN(C)C(=O)CN(C)C(=O)[C@H](CC)CC(=O)[C@H]([C@H](O)[C@H](C)C/C=C/C)N(C)C(=O)[C@H](C(C)C)N(C)C(=O)[C@H](CC(C)C)N(C)C(=O)[C@H](CC(C)C)N(C)C(=O)[C@@H](C)NC(=O)CCC(=O)CN(C)C(=O)C(CCCCNC(=O)CCCSSc2ccccn2)N1.COC(=O)[C@@H]1CCCN(C(=O)[C@H](Cc2cccc(O)c2)NC(=O)[C@@H](NC(=O)CN2C(=O)C=CC2=O)C(C)C)N1. The van der Waals surface area contributed by atoms with E-state index in [9.17, 15) is 82.1 Å². The van der Waals surface area contributed by atoms with Crippen LogP contribution < -0.4 is 32.0 Å². The number of methoxy groups -OCH3 is 1. The summed E-state index contributed by atoms with van der Waals surface area (Å²) < 4.78 is 4.78. The number of aromatic hydroxyl groups is 1. The summed E-state index contributed by atoms with van der Waals surface area (Å²) in [5.41, 5.74) is 3.69. The fourth-order valence-corrected chi connectivity index (χ4v) is 17.2. The number of aliphatic hydroxyl groups is 1. The van der Waals surface area contributed by atoms with Crippen LogP contribution in [-0.4, -0.2) is 322 Å². The minimum absolute atomic E-state index is 0. The molecule has 36 nitrogen and oxygen atoms in total. The number of benzene rings is 1. The molecule has 0 aliphatic carbocycles. The van der Waals surface area contributed by atoms with Crippen LogP contribution in [0.4, 0.5) is 0 Å². The number of hydrazine groups is 1. The Morgan fingerprint density at radius 1 is 0.702 bits per heavy atom. The monoisotopic (exact) mass is 1870 g/mol. The number of allylic oxidation sites excluding steroid dienone is 2. The number of unbranched alkanes of at least 4 members (excludes halogenated alkanes) is 1. The average molecular weight is 1870 g/mol. The van der Waals surface area contributed by atoms with Crippen LogP contribution in [0.1, 0.15) is 186 Å². The smallest absolute Gasteiger partial charge is 0.324 e. The fraction of sp³-hybridized carbons (Fsp3) is 0.634. The van der Waals surface area contributed by atoms with Gasteiger partial charge in [-0.25, -0.2) is 10.4 Å². The van der Waals surface area contributed by atoms with E-state index in [1.807, 2.05) is 58.9 Å². The van der Waals surface area contributed by atoms with Crippen LogP contribution in [-0.2, 0) is 92.7 Å². The van der Waals surface area contributed by atoms with Crippen molar-refractivity contribution in [2.75, 3.05) is 101 Å². The summed E-state index contributed by atoms with van der Waals surface area (Å²) in [5.74, 6) is -11.4. The summed E-state index contributed by atoms with van der Waals surface area (Å²) >= 11 is 0. The molecule has 1 unspecified atom stereocenters. The number of phenols is 1. The van der Waals surface area contributed by atoms with Crippen LogP contribution in [0.25, 0.3) is 0 Å². The lowest BCUT2D eigenvalue weighted by molar-refractivity contribution is -0.157. The molecule has 5 rings (SSSR count). The number of ether oxygens (including phenoxy) is 1. The fourth-order valence-electron chi connectivity index (χ4n) is 15.3. The minimum atomic E-state index is -1.48. The minimum Gasteiger partial charge on any atom is -0.508 e. The molecule has 4 heterocycles. The van der Waals surface area contributed by atoms with Gasteiger partial charge in [0.1, 0.15) is 71.7 Å². The lowest BCUT2D eigenvalue weighted by atomic mass is 9.86. The molecule has 3 aliphatic heterocycles. The van der Waals surface area contributed by atoms with E-state index in [0.717, 1.165) is 32.7 Å². The van der Waals surface area contributed by atoms with Gasteiger partial charge < -0.3 is 75.8 Å². The van der Waals surface area contributed by atoms with E-state index in [2.05, 4.69) is 43.6 Å². The standard InChI is InChI=1S/C66H109N11O12S2.C26H33N5O8.CH4/c1-19-21-27-45(9)60(83)59-53(79)38-48(20-2)62(85)73(14)41-57(82)71(12)39-46(10)69-50(28-22-24-33-67-54(80)29-26-35-90-91-56-30-23-25-34-68-56)63(86)72(13)40-49(78)31-32-55(81)70-47(11)61(84)74(15)51(36-42(3)4)64(87)75(16)52(37-43(5)6)65(88)76(17)58(44(7)8)66(89)77(59)18;1-15(2)23(28-20(33)14-30-21(34)9-10-22(30)35)24(36)27-19(13-16-6-4-7-17(32)12-16)25(37)31-11-5-8-18(29-31)26(38)39-3;/h19,21,23,25,30,34,42-45,47-48,50-52,58-60,69,83H,10,20,22,24,26-29,31-33,35-41H2,1-9,11-18H3,(H,67,80)(H,70,81);4,6-7,9-10,12,15,18-19,23,29,32H,5,8,11,13-14H2,1-3H3,(H,27,36)(H,28,33);1H4/b21-19+;;/t45-,47-,48-,50?,51+,52+,58+,59-,60-;18-,19-,23-;/m10./s1. The summed E-state index contributed by atoms with van der Waals surface area (Å²) in [6, 6.07) is 1.96. The molecule has 0 saturated carbocycles. The van der Waals surface area contributed by atoms with E-state index < -0.39 is 198 Å². The zero-order valence-electron chi connectivity index (χ0n) is 79.5. The first-order valence-corrected chi connectivity index (χ1v) is 46.9. The second-order valence-corrected chi connectivity index (χ2v) is 37.7. The number of likely N-dealkylation sites (N-methyl/N-ethyl adjacent to an activating group) is 7. The maximum atomic E-state index is 15.1. The molecule has 2 fully saturated rings. The van der Waals surface area contributed by atoms with Gasteiger partial charge in [-0.05, 0) is 148 Å². The van der Waals surface area contributed by atoms with Crippen LogP contribution in [0.5, 0.6) is 5.75 Å². The quantitative estimate of drug-likeness (QED) is 0.0154. The molecule has 1 aromatic carbocycles. The number of rotatable bonds is 31. The molecule has 730 valence electrons. The van der Waals surface area contributed by atoms with Crippen LogP contribution in [0.15, 0.2) is 90.3 Å². The average Bonchev–Trinajstić information content (AvgIpc) is 1.17. The Kier molecular flexibility index (Phi) is 49.8. The molecule has 8 N–H and O–H groups in total. The highest BCUT2D eigenvalue weighted by Gasteiger charge is 2.46. The molecule has 38 heteroatoms. The lowest BCUT2D eigenvalue weighted by Crippen LogP contribution is -2.62. The molecule has 0 bridgehead atoms. The maximum Gasteiger partial charge on any atom is 0.324 e. The van der Waals surface area contributed by atoms with Gasteiger partial charge in [0.15, 0.2) is 11.6 Å². The molecular weight excluding hydrogens is 1730 g/mol. The predicted molar refractivity (Wildman–Crippen MR) is 500 cm³/mol. The van der Waals surface area contributed by atoms with Crippen LogP contribution in [0.3, 0.4) is 0 Å². The maximum absolute atomic E-state index is 15.1. The summed E-state index contributed by atoms with van der Waals surface area (Å²) in [4.78, 5) is 245. The third-order valence-electron chi connectivity index (χ3n) is 22.7. The second kappa shape index (κ2) is 57.0. The van der Waals surface area contributed by atoms with Gasteiger partial charge in [0.25, 0.3) is 17.7 Å². The van der Waals surface area contributed by atoms with Crippen molar-refractivity contribution in [1.29, 1.82) is 0 Å². The highest BCUT2D eigenvalue weighted by Crippen LogP contribution is 2.31. The molecular formula is C93H146N16O20S2. The highest BCUT2D eigenvalue weighted by atomic mass is 33.1. The summed E-state index contributed by atoms with van der Waals surface area (Å²) in [7, 11) is 14.6. The van der Waals surface area contributed by atoms with E-state index in [-0.39, 0.29) is 101 Å². The first-order valence-electron chi connectivity index (χ1n) is 44.6. The van der Waals surface area contributed by atoms with Gasteiger partial charge in [0.05, 0.1) is 32.8 Å². The Morgan fingerprint density at radius 3 is 1.90 bits per heavy atom. The molecule has 14 amide bonds. The number of Topliss-reactive ketones (excluding diaryl/α,β-unsaturated/α-hetero) is 2. The molecule has 2 aromatic rings. The zero-order chi connectivity index (χ0) is 97.7. The molecule has 1 aromatic heterocycles. The molecule has 131 heavy (non-hydrogen) atoms. The number of ketones is 2. The molecule has 0 spiro atoms. The molecule has 12 atom stereocenters. The van der Waals surface area contributed by atoms with Crippen molar-refractivity contribution in [2.24, 2.45) is 35.5 Å². The Labute approximate surface area is 781 Å². The lowest BCUT2D eigenvalue weighted by Gasteiger charge is -2.41. The van der Waals surface area contributed by atoms with Gasteiger partial charge in [0, 0.05) is 130 Å². The van der Waals surface area contributed by atoms with E-state index >= 15 is 9.59 Å². The van der Waals surface area contributed by atoms with Gasteiger partial charge in [-0.1, -0.05) is 124 Å². The van der Waals surface area contributed by atoms with Crippen molar-refractivity contribution in [3.63, 3.8) is 0 Å². The van der Waals surface area contributed by atoms with E-state index in [0.29, 0.717) is 57.1 Å². The number of aliphatic hydroxyl groups excluding tert-OH is 1. The third-order valence-corrected chi connectivity index (χ3v) is 25.1. The van der Waals surface area contributed by atoms with Gasteiger partial charge >= 0.3 is 5.97 Å². The first kappa shape index (κ1) is 115. The Hall–Kier alpha value is -10.6. The van der Waals surface area contributed by atoms with E-state index in [4.69, 9.17) is 4.74 Å². The number of aromatic nitrogens is 1. The van der Waals surface area contributed by atoms with Crippen molar-refractivity contribution in [1.82, 2.24) is 81.2 Å². The number of esters is 1. The largest absolute Gasteiger partial charge is 0.508 e. The summed E-state index contributed by atoms with van der Waals surface area (Å²) in [6.07, 6.45) is 9.14. The number of imide groups is 1. The van der Waals surface area contributed by atoms with Crippen molar-refractivity contribution in [2.45, 2.75) is 252 Å². The van der Waals surface area contributed by atoms with Crippen molar-refractivity contribution in [3.05, 3.63) is 90.8 Å². The number of carbonyl (C=O) groups is 17. The number of hydrogen-bond donors (Lipinski definition) is 8. The Morgan fingerprint density at radius 2 is 1.32 bits per heavy atom. The zero-order valence-corrected chi connectivity index (χ0v) is 81.1. The predicted octanol–water partition coefficient (Wildman–Crippen LogP) is 5.40. The topological polar surface area (TPSA) is 454 Å². The van der Waals surface area contributed by atoms with Gasteiger partial charge in [-0.3, -0.25) is 91.4 Å². The number of phenolic OH excluding ortho intramolecular Hbond substituents is 1. The van der Waals surface area contributed by atoms with E-state index in [1.54, 1.807) is 87.5 Å². The van der Waals surface area contributed by atoms with Gasteiger partial charge in [0.2, 0.25) is 65.0 Å². The Bertz CT molecular complexity index is 4270. The normalized spacial score (nSPS) is 21.7. The number of nitrogens with zero attached hydrogens (tertiary/aromatic N) is 10. The number of pyridine rings is 1. The van der Waals surface area contributed by atoms with Crippen molar-refractivity contribution >= 4 is 122 Å². The number of amides is 14. The number of hydrogen-bond acceptors (Lipinski definition) is 25. The Balaban J connectivity index is 0.000000913. The number of carbonyl (C=O) groups excluding carboxylic acids is 17. The molecule has 0 radical (unpaired) electrons. The first-order chi connectivity index (χ1) is 61.2. The van der Waals surface area contributed by atoms with Crippen molar-refractivity contribution < 1.29 is 96.5 Å². The van der Waals surface area contributed by atoms with Gasteiger partial charge in [-0.15, -0.1) is 0 Å². The van der Waals surface area contributed by atoms with Crippen LogP contribution >= 0.6 is 21.6 Å². The molecule has 3 aliphatic rings. The van der Waals surface area contributed by atoms with Crippen LogP contribution in [0, 0.1) is 35.5 Å². The third kappa shape index (κ3) is 36.8. The van der Waals surface area contributed by atoms with Gasteiger partial charge in [-0.2, -0.15) is 0 Å². The highest BCUT2D eigenvalue weighted by molar-refractivity contribution is 8.76. The number of nitrogens with one attached hydrogen (secondary N) is 6. The molecule has 2 saturated heterocycles. The van der Waals surface area contributed by atoms with Crippen LogP contribution in [0.2, 0.25) is 0 Å².